The van der Waals surface area contributed by atoms with Gasteiger partial charge in [0, 0.05) is 24.7 Å². The Balaban J connectivity index is 4.23. The third-order valence-electron chi connectivity index (χ3n) is 2.36. The molecule has 1 atom stereocenters. The van der Waals surface area contributed by atoms with Crippen molar-refractivity contribution in [3.05, 3.63) is 12.2 Å². The molecule has 1 N–H and O–H groups in total. The average Bonchev–Trinajstić information content (AvgIpc) is 2.11. The van der Waals surface area contributed by atoms with E-state index in [0.29, 0.717) is 12.6 Å². The summed E-state index contributed by atoms with van der Waals surface area (Å²) < 4.78 is 0. The van der Waals surface area contributed by atoms with Gasteiger partial charge in [-0.1, -0.05) is 13.5 Å². The zero-order chi connectivity index (χ0) is 12.0. The van der Waals surface area contributed by atoms with Crippen molar-refractivity contribution in [3.8, 4) is 0 Å². The van der Waals surface area contributed by atoms with Crippen LogP contribution in [0.4, 0.5) is 0 Å². The summed E-state index contributed by atoms with van der Waals surface area (Å²) in [7, 11) is 4.02. The first-order valence-electron chi connectivity index (χ1n) is 5.18. The largest absolute Gasteiger partial charge is 0.478 e. The predicted molar refractivity (Wildman–Crippen MR) is 62.0 cm³/mol. The Bertz CT molecular complexity index is 227. The Morgan fingerprint density at radius 3 is 2.33 bits per heavy atom. The number of aliphatic carboxylic acids is 1. The fourth-order valence-corrected chi connectivity index (χ4v) is 1.54. The number of likely N-dealkylation sites (N-methyl/N-ethyl adjacent to an activating group) is 2. The van der Waals surface area contributed by atoms with Gasteiger partial charge in [-0.2, -0.15) is 0 Å². The topological polar surface area (TPSA) is 43.8 Å². The molecule has 4 nitrogen and oxygen atoms in total. The Morgan fingerprint density at radius 2 is 2.00 bits per heavy atom. The van der Waals surface area contributed by atoms with E-state index in [0.717, 1.165) is 13.1 Å². The highest BCUT2D eigenvalue weighted by Crippen LogP contribution is 2.04. The Morgan fingerprint density at radius 1 is 1.47 bits per heavy atom. The summed E-state index contributed by atoms with van der Waals surface area (Å²) in [6, 6.07) is 0.334. The molecule has 0 aromatic heterocycles. The van der Waals surface area contributed by atoms with Gasteiger partial charge in [0.25, 0.3) is 0 Å². The molecule has 88 valence electrons. The van der Waals surface area contributed by atoms with E-state index in [9.17, 15) is 4.79 Å². The lowest BCUT2D eigenvalue weighted by Crippen LogP contribution is -2.41. The SMILES string of the molecule is C=C(CN(CC)C(C)CN(C)C)C(=O)O. The second-order valence-electron chi connectivity index (χ2n) is 4.08. The minimum atomic E-state index is -0.912. The molecule has 0 saturated carbocycles. The van der Waals surface area contributed by atoms with Crippen LogP contribution in [0.2, 0.25) is 0 Å². The number of carbonyl (C=O) groups is 1. The van der Waals surface area contributed by atoms with Gasteiger partial charge in [-0.15, -0.1) is 0 Å². The molecule has 0 rings (SSSR count). The summed E-state index contributed by atoms with van der Waals surface area (Å²) in [6.45, 7) is 9.86. The van der Waals surface area contributed by atoms with Gasteiger partial charge in [-0.05, 0) is 27.6 Å². The van der Waals surface area contributed by atoms with Crippen molar-refractivity contribution in [3.63, 3.8) is 0 Å². The van der Waals surface area contributed by atoms with E-state index in [1.807, 2.05) is 21.0 Å². The predicted octanol–water partition coefficient (Wildman–Crippen LogP) is 0.899. The minimum absolute atomic E-state index is 0.252. The highest BCUT2D eigenvalue weighted by Gasteiger charge is 2.16. The van der Waals surface area contributed by atoms with E-state index in [1.54, 1.807) is 0 Å². The van der Waals surface area contributed by atoms with Crippen LogP contribution in [-0.2, 0) is 4.79 Å². The molecule has 1 unspecified atom stereocenters. The molecule has 0 bridgehead atoms. The van der Waals surface area contributed by atoms with Crippen LogP contribution in [0.3, 0.4) is 0 Å². The quantitative estimate of drug-likeness (QED) is 0.639. The van der Waals surface area contributed by atoms with Crippen LogP contribution in [0.5, 0.6) is 0 Å². The van der Waals surface area contributed by atoms with Gasteiger partial charge < -0.3 is 10.0 Å². The van der Waals surface area contributed by atoms with Crippen molar-refractivity contribution >= 4 is 5.97 Å². The number of carboxylic acids is 1. The fourth-order valence-electron chi connectivity index (χ4n) is 1.54. The van der Waals surface area contributed by atoms with Crippen LogP contribution in [0.1, 0.15) is 13.8 Å². The van der Waals surface area contributed by atoms with Crippen LogP contribution >= 0.6 is 0 Å². The molecule has 0 heterocycles. The molecule has 0 radical (unpaired) electrons. The van der Waals surface area contributed by atoms with Crippen LogP contribution in [0.25, 0.3) is 0 Å². The Labute approximate surface area is 92.2 Å². The average molecular weight is 214 g/mol. The highest BCUT2D eigenvalue weighted by molar-refractivity contribution is 5.86. The summed E-state index contributed by atoms with van der Waals surface area (Å²) in [5, 5.41) is 8.75. The molecule has 15 heavy (non-hydrogen) atoms. The van der Waals surface area contributed by atoms with Gasteiger partial charge in [-0.25, -0.2) is 4.79 Å². The van der Waals surface area contributed by atoms with Crippen molar-refractivity contribution in [2.24, 2.45) is 0 Å². The van der Waals surface area contributed by atoms with E-state index in [2.05, 4.69) is 23.3 Å². The van der Waals surface area contributed by atoms with Crippen LogP contribution < -0.4 is 0 Å². The number of hydrogen-bond acceptors (Lipinski definition) is 3. The van der Waals surface area contributed by atoms with Crippen molar-refractivity contribution in [2.45, 2.75) is 19.9 Å². The molecule has 4 heteroatoms. The third kappa shape index (κ3) is 5.54. The van der Waals surface area contributed by atoms with Gasteiger partial charge in [0.15, 0.2) is 0 Å². The van der Waals surface area contributed by atoms with E-state index in [4.69, 9.17) is 5.11 Å². The monoisotopic (exact) mass is 214 g/mol. The van der Waals surface area contributed by atoms with Crippen LogP contribution in [0, 0.1) is 0 Å². The molecule has 0 spiro atoms. The smallest absolute Gasteiger partial charge is 0.332 e. The summed E-state index contributed by atoms with van der Waals surface area (Å²) in [5.74, 6) is -0.912. The van der Waals surface area contributed by atoms with Gasteiger partial charge in [0.2, 0.25) is 0 Å². The van der Waals surface area contributed by atoms with Gasteiger partial charge in [-0.3, -0.25) is 4.90 Å². The van der Waals surface area contributed by atoms with Gasteiger partial charge in [0.1, 0.15) is 0 Å². The number of nitrogens with zero attached hydrogens (tertiary/aromatic N) is 2. The second-order valence-corrected chi connectivity index (χ2v) is 4.08. The van der Waals surface area contributed by atoms with Gasteiger partial charge in [0.05, 0.1) is 0 Å². The summed E-state index contributed by atoms with van der Waals surface area (Å²) in [5.41, 5.74) is 0.252. The Hall–Kier alpha value is -0.870. The third-order valence-corrected chi connectivity index (χ3v) is 2.36. The standard InChI is InChI=1S/C11H22N2O2/c1-6-13(7-9(2)11(14)15)10(3)8-12(4)5/h10H,2,6-8H2,1,3-5H3,(H,14,15). The molecule has 0 aliphatic heterocycles. The van der Waals surface area contributed by atoms with Crippen LogP contribution in [0.15, 0.2) is 12.2 Å². The van der Waals surface area contributed by atoms with E-state index >= 15 is 0 Å². The van der Waals surface area contributed by atoms with Crippen molar-refractivity contribution in [1.82, 2.24) is 9.80 Å². The molecule has 0 amide bonds. The maximum absolute atomic E-state index is 10.7. The molecular weight excluding hydrogens is 192 g/mol. The number of carboxylic acid groups (broad SMARTS) is 1. The second kappa shape index (κ2) is 6.58. The summed E-state index contributed by atoms with van der Waals surface area (Å²) >= 11 is 0. The van der Waals surface area contributed by atoms with Crippen molar-refractivity contribution in [1.29, 1.82) is 0 Å². The Kier molecular flexibility index (Phi) is 6.20. The first-order valence-corrected chi connectivity index (χ1v) is 5.18. The van der Waals surface area contributed by atoms with Crippen molar-refractivity contribution in [2.75, 3.05) is 33.7 Å². The molecule has 0 aromatic carbocycles. The minimum Gasteiger partial charge on any atom is -0.478 e. The molecular formula is C11H22N2O2. The fraction of sp³-hybridized carbons (Fsp3) is 0.727. The number of hydrogen-bond donors (Lipinski definition) is 1. The highest BCUT2D eigenvalue weighted by atomic mass is 16.4. The first kappa shape index (κ1) is 14.1. The lowest BCUT2D eigenvalue weighted by molar-refractivity contribution is -0.132. The van der Waals surface area contributed by atoms with Gasteiger partial charge >= 0.3 is 5.97 Å². The molecule has 0 saturated heterocycles. The normalized spacial score (nSPS) is 13.2. The zero-order valence-corrected chi connectivity index (χ0v) is 10.2. The summed E-state index contributed by atoms with van der Waals surface area (Å²) in [6.07, 6.45) is 0. The molecule has 0 aliphatic carbocycles. The lowest BCUT2D eigenvalue weighted by Gasteiger charge is -2.29. The number of rotatable bonds is 7. The maximum Gasteiger partial charge on any atom is 0.332 e. The summed E-state index contributed by atoms with van der Waals surface area (Å²) in [4.78, 5) is 14.9. The lowest BCUT2D eigenvalue weighted by atomic mass is 10.2. The first-order chi connectivity index (χ1) is 6.88. The molecule has 0 aliphatic rings. The maximum atomic E-state index is 10.7. The van der Waals surface area contributed by atoms with Crippen molar-refractivity contribution < 1.29 is 9.90 Å². The van der Waals surface area contributed by atoms with Crippen LogP contribution in [-0.4, -0.2) is 60.6 Å². The van der Waals surface area contributed by atoms with E-state index in [1.165, 1.54) is 0 Å². The molecule has 0 aromatic rings. The molecule has 0 fully saturated rings. The zero-order valence-electron chi connectivity index (χ0n) is 10.2. The van der Waals surface area contributed by atoms with E-state index < -0.39 is 5.97 Å². The van der Waals surface area contributed by atoms with E-state index in [-0.39, 0.29) is 5.57 Å².